The quantitative estimate of drug-likeness (QED) is 0.123. The number of hydrogen-bond acceptors (Lipinski definition) is 3. The summed E-state index contributed by atoms with van der Waals surface area (Å²) in [5.41, 5.74) is 15.8. The minimum Gasteiger partial charge on any atom is -0.501 e. The van der Waals surface area contributed by atoms with Crippen molar-refractivity contribution < 1.29 is 24.5 Å². The van der Waals surface area contributed by atoms with Gasteiger partial charge in [-0.15, -0.1) is 54.1 Å². The standard InChI is InChI=1S/C40H35N2O.C14H16NSi.Ir/c1-23(2)25-14-11-15-26(24(3)4)37(25)42-33-20-10-9-19-32(33)41-39(42)29-17-12-16-28-36-34(43-38(28)29)22-21-31-35(36)27-13-7-8-18-30(27)40(31,5)6;1-16(2,3)13-9-10-14(15-11-13)12-7-5-4-6-8-12;/h7-16,18-24H,1-6H3;4-7,9-11H,1-3H3;/q2*-1;. The van der Waals surface area contributed by atoms with Gasteiger partial charge in [-0.25, -0.2) is 0 Å². The Labute approximate surface area is 369 Å². The van der Waals surface area contributed by atoms with E-state index in [2.05, 4.69) is 180 Å². The molecule has 0 N–H and O–H groups in total. The van der Waals surface area contributed by atoms with Gasteiger partial charge in [-0.05, 0) is 74.3 Å². The van der Waals surface area contributed by atoms with E-state index in [1.165, 1.54) is 49.6 Å². The summed E-state index contributed by atoms with van der Waals surface area (Å²) in [6.45, 7) is 20.7. The molecule has 1 aliphatic carbocycles. The number of furan rings is 1. The summed E-state index contributed by atoms with van der Waals surface area (Å²) in [6.07, 6.45) is 2.02. The van der Waals surface area contributed by atoms with Gasteiger partial charge in [-0.2, -0.15) is 0 Å². The van der Waals surface area contributed by atoms with Crippen molar-refractivity contribution in [1.82, 2.24) is 14.5 Å². The average Bonchev–Trinajstić information content (AvgIpc) is 3.88. The van der Waals surface area contributed by atoms with Crippen LogP contribution >= 0.6 is 0 Å². The van der Waals surface area contributed by atoms with Crippen LogP contribution in [-0.2, 0) is 25.5 Å². The number of rotatable bonds is 6. The monoisotopic (exact) mass is 978 g/mol. The third-order valence-corrected chi connectivity index (χ3v) is 14.1. The molecule has 0 saturated heterocycles. The number of para-hydroxylation sites is 3. The molecule has 60 heavy (non-hydrogen) atoms. The number of aromatic nitrogens is 3. The third-order valence-electron chi connectivity index (χ3n) is 12.1. The Kier molecular flexibility index (Phi) is 11.0. The van der Waals surface area contributed by atoms with Crippen molar-refractivity contribution in [3.8, 4) is 39.5 Å². The third kappa shape index (κ3) is 6.99. The SMILES string of the molecule is CC(C)c1cccc(C(C)C)c1-n1c(-c2[c-]ccc3c2oc2ccc4c(c23)-c2ccccc2C4(C)C)nc2ccccc21.C[Si](C)(C)c1ccc(-c2[c-]cccc2)nc1.[Ir]. The number of pyridine rings is 1. The molecule has 0 bridgehead atoms. The van der Waals surface area contributed by atoms with E-state index in [9.17, 15) is 0 Å². The maximum Gasteiger partial charge on any atom is 0.121 e. The Morgan fingerprint density at radius 2 is 1.42 bits per heavy atom. The molecule has 0 unspecified atom stereocenters. The Hall–Kier alpha value is -5.39. The summed E-state index contributed by atoms with van der Waals surface area (Å²) in [4.78, 5) is 9.80. The van der Waals surface area contributed by atoms with E-state index in [0.29, 0.717) is 11.8 Å². The molecule has 10 rings (SSSR count). The van der Waals surface area contributed by atoms with Crippen LogP contribution in [0.1, 0.15) is 75.6 Å². The molecule has 0 spiro atoms. The van der Waals surface area contributed by atoms with Crippen LogP contribution in [0, 0.1) is 12.1 Å². The van der Waals surface area contributed by atoms with Crippen LogP contribution in [0.25, 0.3) is 72.4 Å². The zero-order valence-electron chi connectivity index (χ0n) is 35.9. The summed E-state index contributed by atoms with van der Waals surface area (Å²) in [6, 6.07) is 51.6. The van der Waals surface area contributed by atoms with Crippen LogP contribution in [0.4, 0.5) is 0 Å². The van der Waals surface area contributed by atoms with Gasteiger partial charge in [0.2, 0.25) is 0 Å². The number of fused-ring (bicyclic) bond motifs is 8. The van der Waals surface area contributed by atoms with Gasteiger partial charge in [-0.1, -0.05) is 145 Å². The Bertz CT molecular complexity index is 2980. The molecule has 0 saturated carbocycles. The Morgan fingerprint density at radius 3 is 2.10 bits per heavy atom. The molecule has 0 amide bonds. The Morgan fingerprint density at radius 1 is 0.700 bits per heavy atom. The molecule has 0 fully saturated rings. The minimum atomic E-state index is -1.23. The van der Waals surface area contributed by atoms with E-state index in [0.717, 1.165) is 50.2 Å². The number of imidazole rings is 1. The van der Waals surface area contributed by atoms with Gasteiger partial charge < -0.3 is 14.0 Å². The van der Waals surface area contributed by atoms with E-state index in [1.54, 1.807) is 0 Å². The maximum absolute atomic E-state index is 6.80. The second kappa shape index (κ2) is 15.9. The molecular weight excluding hydrogens is 927 g/mol. The van der Waals surface area contributed by atoms with Crippen molar-refractivity contribution >= 4 is 46.2 Å². The van der Waals surface area contributed by atoms with E-state index in [1.807, 2.05) is 36.5 Å². The van der Waals surface area contributed by atoms with Gasteiger partial charge in [0.05, 0.1) is 30.5 Å². The molecule has 9 aromatic rings. The van der Waals surface area contributed by atoms with Gasteiger partial charge in [0.15, 0.2) is 0 Å². The molecule has 3 heterocycles. The molecular formula is C54H51IrN3OSi-2. The first-order valence-corrected chi connectivity index (χ1v) is 24.4. The number of benzene rings is 6. The summed E-state index contributed by atoms with van der Waals surface area (Å²) < 4.78 is 9.17. The van der Waals surface area contributed by atoms with Crippen LogP contribution in [0.2, 0.25) is 19.6 Å². The van der Waals surface area contributed by atoms with Crippen LogP contribution in [-0.4, -0.2) is 22.6 Å². The van der Waals surface area contributed by atoms with Crippen LogP contribution < -0.4 is 5.19 Å². The molecule has 1 radical (unpaired) electrons. The number of hydrogen-bond donors (Lipinski definition) is 0. The van der Waals surface area contributed by atoms with E-state index < -0.39 is 8.07 Å². The fourth-order valence-corrected chi connectivity index (χ4v) is 9.97. The summed E-state index contributed by atoms with van der Waals surface area (Å²) in [5, 5.41) is 3.68. The van der Waals surface area contributed by atoms with Gasteiger partial charge in [0.25, 0.3) is 0 Å². The second-order valence-corrected chi connectivity index (χ2v) is 23.1. The molecule has 0 aliphatic heterocycles. The summed E-state index contributed by atoms with van der Waals surface area (Å²) in [5.74, 6) is 1.55. The van der Waals surface area contributed by atoms with Gasteiger partial charge in [0, 0.05) is 42.8 Å². The zero-order chi connectivity index (χ0) is 41.2. The van der Waals surface area contributed by atoms with E-state index in [4.69, 9.17) is 9.40 Å². The van der Waals surface area contributed by atoms with Crippen LogP contribution in [0.3, 0.4) is 0 Å². The smallest absolute Gasteiger partial charge is 0.121 e. The molecule has 6 heteroatoms. The Balaban J connectivity index is 0.000000248. The van der Waals surface area contributed by atoms with E-state index >= 15 is 0 Å². The van der Waals surface area contributed by atoms with E-state index in [-0.39, 0.29) is 25.5 Å². The maximum atomic E-state index is 6.80. The normalized spacial score (nSPS) is 13.1. The topological polar surface area (TPSA) is 43.9 Å². The first kappa shape index (κ1) is 41.3. The van der Waals surface area contributed by atoms with Crippen LogP contribution in [0.5, 0.6) is 0 Å². The minimum absolute atomic E-state index is 0. The summed E-state index contributed by atoms with van der Waals surface area (Å²) in [7, 11) is -1.23. The van der Waals surface area contributed by atoms with Crippen molar-refractivity contribution in [2.24, 2.45) is 0 Å². The van der Waals surface area contributed by atoms with Crippen molar-refractivity contribution in [2.75, 3.05) is 0 Å². The van der Waals surface area contributed by atoms with Crippen molar-refractivity contribution in [3.05, 3.63) is 168 Å². The van der Waals surface area contributed by atoms with Crippen molar-refractivity contribution in [1.29, 1.82) is 0 Å². The predicted octanol–water partition coefficient (Wildman–Crippen LogP) is 14.0. The fraction of sp³-hybridized carbons (Fsp3) is 0.222. The molecule has 0 atom stereocenters. The molecule has 3 aromatic heterocycles. The molecule has 303 valence electrons. The van der Waals surface area contributed by atoms with Gasteiger partial charge in [0.1, 0.15) is 5.58 Å². The predicted molar refractivity (Wildman–Crippen MR) is 250 cm³/mol. The van der Waals surface area contributed by atoms with Crippen molar-refractivity contribution in [2.45, 2.75) is 78.4 Å². The molecule has 1 aliphatic rings. The zero-order valence-corrected chi connectivity index (χ0v) is 39.3. The first-order valence-electron chi connectivity index (χ1n) is 20.9. The largest absolute Gasteiger partial charge is 0.501 e. The van der Waals surface area contributed by atoms with Gasteiger partial charge >= 0.3 is 0 Å². The molecule has 6 aromatic carbocycles. The fourth-order valence-electron chi connectivity index (χ4n) is 8.93. The number of nitrogens with zero attached hydrogens (tertiary/aromatic N) is 3. The first-order chi connectivity index (χ1) is 28.3. The second-order valence-electron chi connectivity index (χ2n) is 18.0. The van der Waals surface area contributed by atoms with Crippen molar-refractivity contribution in [3.63, 3.8) is 0 Å². The molecule has 4 nitrogen and oxygen atoms in total. The average molecular weight is 978 g/mol. The summed E-state index contributed by atoms with van der Waals surface area (Å²) >= 11 is 0. The van der Waals surface area contributed by atoms with Gasteiger partial charge in [-0.3, -0.25) is 4.98 Å². The van der Waals surface area contributed by atoms with Crippen LogP contribution in [0.15, 0.2) is 138 Å².